The van der Waals surface area contributed by atoms with Crippen molar-refractivity contribution in [3.63, 3.8) is 0 Å². The van der Waals surface area contributed by atoms with Crippen molar-refractivity contribution in [1.82, 2.24) is 15.0 Å². The van der Waals surface area contributed by atoms with Gasteiger partial charge < -0.3 is 9.88 Å². The zero-order valence-electron chi connectivity index (χ0n) is 10.2. The first-order valence-electron chi connectivity index (χ1n) is 5.59. The number of benzene rings is 1. The average Bonchev–Trinajstić information content (AvgIpc) is 2.66. The molecule has 0 aliphatic heterocycles. The maximum absolute atomic E-state index is 4.54. The predicted molar refractivity (Wildman–Crippen MR) is 70.5 cm³/mol. The molecule has 0 aliphatic carbocycles. The molecule has 0 aliphatic rings. The van der Waals surface area contributed by atoms with Crippen LogP contribution in [0.3, 0.4) is 0 Å². The fourth-order valence-corrected chi connectivity index (χ4v) is 2.12. The van der Waals surface area contributed by atoms with E-state index < -0.39 is 0 Å². The van der Waals surface area contributed by atoms with Crippen LogP contribution in [0, 0.1) is 6.92 Å². The fourth-order valence-electron chi connectivity index (χ4n) is 2.12. The highest BCUT2D eigenvalue weighted by atomic mass is 15.2. The van der Waals surface area contributed by atoms with Crippen LogP contribution in [0.2, 0.25) is 0 Å². The van der Waals surface area contributed by atoms with Gasteiger partial charge in [-0.25, -0.2) is 9.97 Å². The lowest BCUT2D eigenvalue weighted by atomic mass is 10.2. The second kappa shape index (κ2) is 3.45. The Morgan fingerprint density at radius 2 is 1.88 bits per heavy atom. The van der Waals surface area contributed by atoms with Gasteiger partial charge >= 0.3 is 0 Å². The van der Waals surface area contributed by atoms with E-state index in [0.29, 0.717) is 0 Å². The second-order valence-electron chi connectivity index (χ2n) is 4.38. The molecule has 0 bridgehead atoms. The van der Waals surface area contributed by atoms with Gasteiger partial charge in [-0.1, -0.05) is 18.2 Å². The zero-order chi connectivity index (χ0) is 12.0. The Morgan fingerprint density at radius 3 is 2.65 bits per heavy atom. The third kappa shape index (κ3) is 1.45. The molecule has 4 heteroatoms. The van der Waals surface area contributed by atoms with Gasteiger partial charge in [0.05, 0.1) is 0 Å². The summed E-state index contributed by atoms with van der Waals surface area (Å²) < 4.78 is 0. The van der Waals surface area contributed by atoms with Crippen LogP contribution >= 0.6 is 0 Å². The maximum Gasteiger partial charge on any atom is 0.156 e. The Kier molecular flexibility index (Phi) is 2.04. The first kappa shape index (κ1) is 10.1. The monoisotopic (exact) mass is 226 g/mol. The van der Waals surface area contributed by atoms with Crippen molar-refractivity contribution >= 4 is 27.8 Å². The van der Waals surface area contributed by atoms with Crippen LogP contribution in [0.15, 0.2) is 24.3 Å². The lowest BCUT2D eigenvalue weighted by Gasteiger charge is -2.12. The third-order valence-electron chi connectivity index (χ3n) is 2.87. The quantitative estimate of drug-likeness (QED) is 0.693. The van der Waals surface area contributed by atoms with Gasteiger partial charge in [-0.05, 0) is 13.0 Å². The Labute approximate surface area is 99.3 Å². The number of anilines is 1. The van der Waals surface area contributed by atoms with Crippen LogP contribution < -0.4 is 4.90 Å². The number of nitrogens with zero attached hydrogens (tertiary/aromatic N) is 3. The molecule has 2 heterocycles. The summed E-state index contributed by atoms with van der Waals surface area (Å²) in [6.07, 6.45) is 0. The third-order valence-corrected chi connectivity index (χ3v) is 2.87. The molecule has 0 atom stereocenters. The molecule has 1 aromatic carbocycles. The van der Waals surface area contributed by atoms with E-state index in [0.717, 1.165) is 33.6 Å². The van der Waals surface area contributed by atoms with Crippen molar-refractivity contribution < 1.29 is 0 Å². The summed E-state index contributed by atoms with van der Waals surface area (Å²) in [6, 6.07) is 8.20. The van der Waals surface area contributed by atoms with Crippen molar-refractivity contribution in [2.75, 3.05) is 19.0 Å². The highest BCUT2D eigenvalue weighted by Gasteiger charge is 2.12. The Morgan fingerprint density at radius 1 is 1.12 bits per heavy atom. The van der Waals surface area contributed by atoms with Crippen LogP contribution in [-0.4, -0.2) is 29.0 Å². The summed E-state index contributed by atoms with van der Waals surface area (Å²) in [7, 11) is 3.99. The molecular weight excluding hydrogens is 212 g/mol. The summed E-state index contributed by atoms with van der Waals surface area (Å²) in [5.41, 5.74) is 3.10. The van der Waals surface area contributed by atoms with Crippen molar-refractivity contribution in [2.45, 2.75) is 6.92 Å². The molecular formula is C13H14N4. The van der Waals surface area contributed by atoms with Gasteiger partial charge in [0.25, 0.3) is 0 Å². The predicted octanol–water partition coefficient (Wildman–Crippen LogP) is 2.49. The Bertz CT molecular complexity index is 697. The van der Waals surface area contributed by atoms with Crippen molar-refractivity contribution in [1.29, 1.82) is 0 Å². The molecule has 0 fully saturated rings. The molecule has 0 saturated carbocycles. The zero-order valence-corrected chi connectivity index (χ0v) is 10.2. The van der Waals surface area contributed by atoms with Crippen molar-refractivity contribution in [2.24, 2.45) is 0 Å². The smallest absolute Gasteiger partial charge is 0.156 e. The number of para-hydroxylation sites is 1. The average molecular weight is 226 g/mol. The first-order valence-corrected chi connectivity index (χ1v) is 5.59. The molecule has 0 amide bonds. The molecule has 86 valence electrons. The van der Waals surface area contributed by atoms with Crippen LogP contribution in [0.1, 0.15) is 5.82 Å². The SMILES string of the molecule is Cc1nc(N(C)C)c2[nH]c3ccccc3c2n1. The van der Waals surface area contributed by atoms with Gasteiger partial charge in [0, 0.05) is 25.0 Å². The van der Waals surface area contributed by atoms with E-state index >= 15 is 0 Å². The van der Waals surface area contributed by atoms with Gasteiger partial charge in [0.1, 0.15) is 16.9 Å². The molecule has 17 heavy (non-hydrogen) atoms. The maximum atomic E-state index is 4.54. The molecule has 0 unspecified atom stereocenters. The van der Waals surface area contributed by atoms with Crippen LogP contribution in [0.4, 0.5) is 5.82 Å². The summed E-state index contributed by atoms with van der Waals surface area (Å²) >= 11 is 0. The van der Waals surface area contributed by atoms with Gasteiger partial charge in [-0.2, -0.15) is 0 Å². The Hall–Kier alpha value is -2.10. The first-order chi connectivity index (χ1) is 8.16. The number of aromatic amines is 1. The lowest BCUT2D eigenvalue weighted by molar-refractivity contribution is 1.01. The highest BCUT2D eigenvalue weighted by molar-refractivity contribution is 6.08. The minimum Gasteiger partial charge on any atom is -0.361 e. The van der Waals surface area contributed by atoms with Gasteiger partial charge in [-0.3, -0.25) is 0 Å². The summed E-state index contributed by atoms with van der Waals surface area (Å²) in [4.78, 5) is 14.4. The fraction of sp³-hybridized carbons (Fsp3) is 0.231. The number of fused-ring (bicyclic) bond motifs is 3. The van der Waals surface area contributed by atoms with Crippen LogP contribution in [-0.2, 0) is 0 Å². The van der Waals surface area contributed by atoms with Gasteiger partial charge in [0.15, 0.2) is 5.82 Å². The number of aryl methyl sites for hydroxylation is 1. The number of hydrogen-bond acceptors (Lipinski definition) is 3. The molecule has 3 aromatic rings. The molecule has 3 rings (SSSR count). The van der Waals surface area contributed by atoms with Gasteiger partial charge in [-0.15, -0.1) is 0 Å². The number of hydrogen-bond donors (Lipinski definition) is 1. The summed E-state index contributed by atoms with van der Waals surface area (Å²) in [6.45, 7) is 1.92. The number of aromatic nitrogens is 3. The second-order valence-corrected chi connectivity index (χ2v) is 4.38. The molecule has 0 spiro atoms. The summed E-state index contributed by atoms with van der Waals surface area (Å²) in [5.74, 6) is 1.73. The van der Waals surface area contributed by atoms with Crippen LogP contribution in [0.25, 0.3) is 21.9 Å². The van der Waals surface area contributed by atoms with Gasteiger partial charge in [0.2, 0.25) is 0 Å². The molecule has 0 saturated heterocycles. The van der Waals surface area contributed by atoms with Crippen molar-refractivity contribution in [3.8, 4) is 0 Å². The molecule has 0 radical (unpaired) electrons. The van der Waals surface area contributed by atoms with E-state index in [1.807, 2.05) is 38.1 Å². The largest absolute Gasteiger partial charge is 0.361 e. The molecule has 4 nitrogen and oxygen atoms in total. The number of H-pyrrole nitrogens is 1. The summed E-state index contributed by atoms with van der Waals surface area (Å²) in [5, 5.41) is 1.15. The topological polar surface area (TPSA) is 44.8 Å². The standard InChI is InChI=1S/C13H14N4/c1-8-14-11-9-6-4-5-7-10(9)16-12(11)13(15-8)17(2)3/h4-7,16H,1-3H3. The lowest BCUT2D eigenvalue weighted by Crippen LogP contribution is -2.12. The van der Waals surface area contributed by atoms with E-state index in [1.54, 1.807) is 0 Å². The number of nitrogens with one attached hydrogen (secondary N) is 1. The van der Waals surface area contributed by atoms with Crippen LogP contribution in [0.5, 0.6) is 0 Å². The van der Waals surface area contributed by atoms with E-state index in [9.17, 15) is 0 Å². The van der Waals surface area contributed by atoms with E-state index in [1.165, 1.54) is 0 Å². The van der Waals surface area contributed by atoms with E-state index in [-0.39, 0.29) is 0 Å². The van der Waals surface area contributed by atoms with E-state index in [2.05, 4.69) is 27.1 Å². The molecule has 1 N–H and O–H groups in total. The highest BCUT2D eigenvalue weighted by Crippen LogP contribution is 2.28. The minimum absolute atomic E-state index is 0.797. The minimum atomic E-state index is 0.797. The van der Waals surface area contributed by atoms with E-state index in [4.69, 9.17) is 0 Å². The normalized spacial score (nSPS) is 11.2. The molecule has 2 aromatic heterocycles. The Balaban J connectivity index is 2.51. The van der Waals surface area contributed by atoms with Crippen molar-refractivity contribution in [3.05, 3.63) is 30.1 Å². The number of rotatable bonds is 1.